The van der Waals surface area contributed by atoms with E-state index in [-0.39, 0.29) is 12.2 Å². The predicted molar refractivity (Wildman–Crippen MR) is 122 cm³/mol. The summed E-state index contributed by atoms with van der Waals surface area (Å²) in [7, 11) is 0. The minimum atomic E-state index is -0.413. The van der Waals surface area contributed by atoms with Crippen LogP contribution in [0.1, 0.15) is 26.4 Å². The van der Waals surface area contributed by atoms with Crippen LogP contribution in [0.2, 0.25) is 0 Å². The summed E-state index contributed by atoms with van der Waals surface area (Å²) in [5.74, 6) is -0.413. The van der Waals surface area contributed by atoms with E-state index in [9.17, 15) is 9.59 Å². The van der Waals surface area contributed by atoms with Crippen LogP contribution in [0.25, 0.3) is 10.2 Å². The molecule has 30 heavy (non-hydrogen) atoms. The predicted octanol–water partition coefficient (Wildman–Crippen LogP) is 4.98. The lowest BCUT2D eigenvalue weighted by Gasteiger charge is -2.06. The quantitative estimate of drug-likeness (QED) is 0.363. The van der Waals surface area contributed by atoms with Crippen LogP contribution in [0.5, 0.6) is 0 Å². The van der Waals surface area contributed by atoms with Gasteiger partial charge in [-0.15, -0.1) is 11.3 Å². The fourth-order valence-corrected chi connectivity index (χ4v) is 4.75. The normalized spacial score (nSPS) is 11.0. The van der Waals surface area contributed by atoms with Gasteiger partial charge in [0.05, 0.1) is 24.9 Å². The molecule has 2 aromatic carbocycles. The number of nitrogens with zero attached hydrogens (tertiary/aromatic N) is 2. The molecule has 152 valence electrons. The Bertz CT molecular complexity index is 1260. The first kappa shape index (κ1) is 20.5. The summed E-state index contributed by atoms with van der Waals surface area (Å²) in [6.07, 6.45) is 2.18. The second-order valence-corrected chi connectivity index (χ2v) is 8.83. The number of carbonyl (C=O) groups excluding carboxylic acids is 1. The van der Waals surface area contributed by atoms with Crippen LogP contribution in [-0.4, -0.2) is 22.1 Å². The van der Waals surface area contributed by atoms with E-state index in [0.29, 0.717) is 33.6 Å². The van der Waals surface area contributed by atoms with E-state index in [0.717, 1.165) is 15.6 Å². The highest BCUT2D eigenvalue weighted by atomic mass is 79.9. The van der Waals surface area contributed by atoms with Crippen LogP contribution in [0.3, 0.4) is 0 Å². The Labute approximate surface area is 186 Å². The molecule has 4 aromatic rings. The molecule has 0 spiro atoms. The van der Waals surface area contributed by atoms with Gasteiger partial charge < -0.3 is 4.74 Å². The molecule has 7 heteroatoms. The summed E-state index contributed by atoms with van der Waals surface area (Å²) in [5.41, 5.74) is 2.56. The van der Waals surface area contributed by atoms with E-state index < -0.39 is 5.97 Å². The number of aromatic nitrogens is 2. The van der Waals surface area contributed by atoms with Crippen molar-refractivity contribution in [2.45, 2.75) is 19.9 Å². The fraction of sp³-hybridized carbons (Fsp3) is 0.174. The summed E-state index contributed by atoms with van der Waals surface area (Å²) in [4.78, 5) is 31.0. The minimum absolute atomic E-state index is 0.155. The molecular weight excluding hydrogens is 464 g/mol. The first-order valence-corrected chi connectivity index (χ1v) is 11.1. The maximum atomic E-state index is 13.0. The third-order valence-corrected chi connectivity index (χ3v) is 6.48. The Morgan fingerprint density at radius 2 is 1.90 bits per heavy atom. The topological polar surface area (TPSA) is 61.2 Å². The van der Waals surface area contributed by atoms with Crippen LogP contribution in [-0.2, 0) is 17.7 Å². The van der Waals surface area contributed by atoms with Gasteiger partial charge >= 0.3 is 5.97 Å². The van der Waals surface area contributed by atoms with Gasteiger partial charge in [-0.25, -0.2) is 9.78 Å². The Morgan fingerprint density at radius 3 is 2.67 bits per heavy atom. The lowest BCUT2D eigenvalue weighted by atomic mass is 10.2. The van der Waals surface area contributed by atoms with E-state index in [1.54, 1.807) is 11.5 Å². The molecule has 0 atom stereocenters. The highest BCUT2D eigenvalue weighted by Gasteiger charge is 2.20. The standard InChI is InChI=1S/C23H19BrN2O3S/c1-15-19-21(25-14-26(22(19)27)13-17-8-5-9-18(24)12-17)30-20(15)23(28)29-11-10-16-6-3-2-4-7-16/h2-9,12,14H,10-11,13H2,1H3. The number of rotatable bonds is 6. The molecule has 0 aliphatic carbocycles. The van der Waals surface area contributed by atoms with Crippen molar-refractivity contribution in [2.24, 2.45) is 0 Å². The van der Waals surface area contributed by atoms with E-state index in [2.05, 4.69) is 20.9 Å². The average molecular weight is 483 g/mol. The van der Waals surface area contributed by atoms with E-state index in [4.69, 9.17) is 4.74 Å². The lowest BCUT2D eigenvalue weighted by Crippen LogP contribution is -2.21. The number of thiophene rings is 1. The van der Waals surface area contributed by atoms with Crippen molar-refractivity contribution in [2.75, 3.05) is 6.61 Å². The number of hydrogen-bond donors (Lipinski definition) is 0. The summed E-state index contributed by atoms with van der Waals surface area (Å²) in [6.45, 7) is 2.48. The number of hydrogen-bond acceptors (Lipinski definition) is 5. The van der Waals surface area contributed by atoms with Gasteiger partial charge in [-0.2, -0.15) is 0 Å². The number of benzene rings is 2. The summed E-state index contributed by atoms with van der Waals surface area (Å²) < 4.78 is 7.97. The van der Waals surface area contributed by atoms with Crippen molar-refractivity contribution in [3.63, 3.8) is 0 Å². The SMILES string of the molecule is Cc1c(C(=O)OCCc2ccccc2)sc2ncn(Cc3cccc(Br)c3)c(=O)c12. The number of carbonyl (C=O) groups is 1. The van der Waals surface area contributed by atoms with E-state index in [1.165, 1.54) is 17.7 Å². The Kier molecular flexibility index (Phi) is 6.11. The minimum Gasteiger partial charge on any atom is -0.461 e. The molecule has 5 nitrogen and oxygen atoms in total. The van der Waals surface area contributed by atoms with Crippen LogP contribution in [0, 0.1) is 6.92 Å². The number of halogens is 1. The molecule has 0 amide bonds. The second kappa shape index (κ2) is 8.93. The Hall–Kier alpha value is -2.77. The second-order valence-electron chi connectivity index (χ2n) is 6.92. The highest BCUT2D eigenvalue weighted by molar-refractivity contribution is 9.10. The van der Waals surface area contributed by atoms with Crippen molar-refractivity contribution in [3.8, 4) is 0 Å². The molecule has 0 fully saturated rings. The van der Waals surface area contributed by atoms with Crippen LogP contribution >= 0.6 is 27.3 Å². The monoisotopic (exact) mass is 482 g/mol. The smallest absolute Gasteiger partial charge is 0.348 e. The summed E-state index contributed by atoms with van der Waals surface area (Å²) >= 11 is 4.65. The van der Waals surface area contributed by atoms with Crippen LogP contribution in [0.4, 0.5) is 0 Å². The molecule has 2 aromatic heterocycles. The van der Waals surface area contributed by atoms with Crippen molar-refractivity contribution < 1.29 is 9.53 Å². The number of esters is 1. The van der Waals surface area contributed by atoms with Gasteiger partial charge in [0.1, 0.15) is 9.71 Å². The van der Waals surface area contributed by atoms with Gasteiger partial charge in [-0.1, -0.05) is 58.4 Å². The van der Waals surface area contributed by atoms with Crippen molar-refractivity contribution in [1.82, 2.24) is 9.55 Å². The molecule has 0 radical (unpaired) electrons. The first-order valence-electron chi connectivity index (χ1n) is 9.47. The van der Waals surface area contributed by atoms with Crippen molar-refractivity contribution in [3.05, 3.63) is 97.3 Å². The molecule has 4 rings (SSSR count). The number of fused-ring (bicyclic) bond motifs is 1. The van der Waals surface area contributed by atoms with Crippen LogP contribution < -0.4 is 5.56 Å². The van der Waals surface area contributed by atoms with Crippen LogP contribution in [0.15, 0.2) is 70.2 Å². The fourth-order valence-electron chi connectivity index (χ4n) is 3.27. The molecule has 2 heterocycles. The van der Waals surface area contributed by atoms with Crippen molar-refractivity contribution >= 4 is 43.5 Å². The Morgan fingerprint density at radius 1 is 1.13 bits per heavy atom. The molecule has 0 bridgehead atoms. The molecular formula is C23H19BrN2O3S. The molecule has 0 N–H and O–H groups in total. The number of ether oxygens (including phenoxy) is 1. The zero-order valence-electron chi connectivity index (χ0n) is 16.3. The van der Waals surface area contributed by atoms with Gasteiger partial charge in [0.2, 0.25) is 0 Å². The molecule has 0 saturated heterocycles. The third-order valence-electron chi connectivity index (χ3n) is 4.81. The van der Waals surface area contributed by atoms with Gasteiger partial charge in [0, 0.05) is 10.9 Å². The van der Waals surface area contributed by atoms with Gasteiger partial charge in [0.15, 0.2) is 0 Å². The van der Waals surface area contributed by atoms with Gasteiger partial charge in [0.25, 0.3) is 5.56 Å². The maximum Gasteiger partial charge on any atom is 0.348 e. The maximum absolute atomic E-state index is 13.0. The van der Waals surface area contributed by atoms with Gasteiger partial charge in [-0.05, 0) is 35.7 Å². The highest BCUT2D eigenvalue weighted by Crippen LogP contribution is 2.27. The molecule has 0 saturated carbocycles. The van der Waals surface area contributed by atoms with E-state index in [1.807, 2.05) is 54.6 Å². The zero-order valence-corrected chi connectivity index (χ0v) is 18.7. The third kappa shape index (κ3) is 4.37. The van der Waals surface area contributed by atoms with Gasteiger partial charge in [-0.3, -0.25) is 9.36 Å². The molecule has 0 unspecified atom stereocenters. The summed E-state index contributed by atoms with van der Waals surface area (Å²) in [6, 6.07) is 17.6. The largest absolute Gasteiger partial charge is 0.461 e. The Balaban J connectivity index is 1.55. The zero-order chi connectivity index (χ0) is 21.1. The number of aryl methyl sites for hydroxylation is 1. The van der Waals surface area contributed by atoms with Crippen molar-refractivity contribution in [1.29, 1.82) is 0 Å². The first-order chi connectivity index (χ1) is 14.5. The summed E-state index contributed by atoms with van der Waals surface area (Å²) in [5, 5.41) is 0.479. The van der Waals surface area contributed by atoms with E-state index >= 15 is 0 Å². The lowest BCUT2D eigenvalue weighted by molar-refractivity contribution is 0.0514. The molecule has 0 aliphatic rings. The molecule has 0 aliphatic heterocycles. The average Bonchev–Trinajstić information content (AvgIpc) is 3.08.